The summed E-state index contributed by atoms with van der Waals surface area (Å²) in [7, 11) is 0. The Kier molecular flexibility index (Phi) is 5.09. The Hall–Kier alpha value is -1.85. The van der Waals surface area contributed by atoms with E-state index in [0.29, 0.717) is 37.1 Å². The summed E-state index contributed by atoms with van der Waals surface area (Å²) in [5.74, 6) is 0.836. The molecule has 0 aliphatic carbocycles. The van der Waals surface area contributed by atoms with Gasteiger partial charge in [0.2, 0.25) is 5.88 Å². The topological polar surface area (TPSA) is 84.3 Å². The third-order valence-corrected chi connectivity index (χ3v) is 3.06. The molecule has 1 aromatic rings. The first-order chi connectivity index (χ1) is 8.91. The molecule has 1 unspecified atom stereocenters. The Balaban J connectivity index is 2.79. The standard InChI is InChI=1S/C13H21N3O3/c1-5-13(4,12(17)18)8-14-10-7-11(19-6-2)16-9(3)15-10/h7H,5-6,8H2,1-4H3,(H,17,18)(H,14,15,16). The van der Waals surface area contributed by atoms with Gasteiger partial charge >= 0.3 is 5.97 Å². The summed E-state index contributed by atoms with van der Waals surface area (Å²) in [5.41, 5.74) is -0.815. The van der Waals surface area contributed by atoms with Gasteiger partial charge in [-0.25, -0.2) is 4.98 Å². The number of nitrogens with one attached hydrogen (secondary N) is 1. The number of aromatic nitrogens is 2. The van der Waals surface area contributed by atoms with Gasteiger partial charge in [0.25, 0.3) is 0 Å². The minimum atomic E-state index is -0.821. The molecule has 6 nitrogen and oxygen atoms in total. The Bertz CT molecular complexity index is 451. The van der Waals surface area contributed by atoms with Gasteiger partial charge in [0.1, 0.15) is 11.6 Å². The van der Waals surface area contributed by atoms with Crippen LogP contribution < -0.4 is 10.1 Å². The third-order valence-electron chi connectivity index (χ3n) is 3.06. The van der Waals surface area contributed by atoms with E-state index in [0.717, 1.165) is 0 Å². The van der Waals surface area contributed by atoms with Crippen molar-refractivity contribution in [3.8, 4) is 5.88 Å². The second-order valence-electron chi connectivity index (χ2n) is 4.64. The maximum absolute atomic E-state index is 11.2. The summed E-state index contributed by atoms with van der Waals surface area (Å²) in [6.07, 6.45) is 0.539. The zero-order chi connectivity index (χ0) is 14.5. The van der Waals surface area contributed by atoms with Crippen LogP contribution in [-0.2, 0) is 4.79 Å². The monoisotopic (exact) mass is 267 g/mol. The number of ether oxygens (including phenoxy) is 1. The number of hydrogen-bond donors (Lipinski definition) is 2. The van der Waals surface area contributed by atoms with Crippen LogP contribution in [0.15, 0.2) is 6.07 Å². The highest BCUT2D eigenvalue weighted by Crippen LogP contribution is 2.22. The summed E-state index contributed by atoms with van der Waals surface area (Å²) in [6, 6.07) is 1.68. The molecule has 1 heterocycles. The summed E-state index contributed by atoms with van der Waals surface area (Å²) >= 11 is 0. The smallest absolute Gasteiger partial charge is 0.311 e. The van der Waals surface area contributed by atoms with E-state index < -0.39 is 11.4 Å². The first-order valence-corrected chi connectivity index (χ1v) is 6.37. The van der Waals surface area contributed by atoms with Crippen molar-refractivity contribution in [2.24, 2.45) is 5.41 Å². The molecule has 0 aromatic carbocycles. The lowest BCUT2D eigenvalue weighted by Gasteiger charge is -2.23. The highest BCUT2D eigenvalue weighted by molar-refractivity contribution is 5.74. The minimum Gasteiger partial charge on any atom is -0.481 e. The van der Waals surface area contributed by atoms with Crippen LogP contribution in [0.3, 0.4) is 0 Å². The van der Waals surface area contributed by atoms with E-state index >= 15 is 0 Å². The van der Waals surface area contributed by atoms with Crippen molar-refractivity contribution in [3.63, 3.8) is 0 Å². The van der Waals surface area contributed by atoms with E-state index in [4.69, 9.17) is 4.74 Å². The highest BCUT2D eigenvalue weighted by Gasteiger charge is 2.30. The fourth-order valence-electron chi connectivity index (χ4n) is 1.49. The maximum Gasteiger partial charge on any atom is 0.311 e. The molecule has 0 bridgehead atoms. The van der Waals surface area contributed by atoms with Gasteiger partial charge in [-0.2, -0.15) is 4.98 Å². The van der Waals surface area contributed by atoms with Crippen molar-refractivity contribution in [2.75, 3.05) is 18.5 Å². The van der Waals surface area contributed by atoms with Gasteiger partial charge < -0.3 is 15.2 Å². The van der Waals surface area contributed by atoms with Crippen LogP contribution >= 0.6 is 0 Å². The maximum atomic E-state index is 11.2. The van der Waals surface area contributed by atoms with Crippen molar-refractivity contribution in [2.45, 2.75) is 34.1 Å². The van der Waals surface area contributed by atoms with Crippen molar-refractivity contribution in [1.82, 2.24) is 9.97 Å². The average molecular weight is 267 g/mol. The lowest BCUT2D eigenvalue weighted by Crippen LogP contribution is -2.34. The molecule has 0 fully saturated rings. The minimum absolute atomic E-state index is 0.306. The van der Waals surface area contributed by atoms with E-state index in [1.807, 2.05) is 13.8 Å². The van der Waals surface area contributed by atoms with Gasteiger partial charge in [0, 0.05) is 12.6 Å². The molecule has 1 atom stereocenters. The van der Waals surface area contributed by atoms with Crippen molar-refractivity contribution in [3.05, 3.63) is 11.9 Å². The lowest BCUT2D eigenvalue weighted by atomic mass is 9.88. The summed E-state index contributed by atoms with van der Waals surface area (Å²) in [6.45, 7) is 8.04. The van der Waals surface area contributed by atoms with Gasteiger partial charge in [0.05, 0.1) is 12.0 Å². The predicted octanol–water partition coefficient (Wildman–Crippen LogP) is 2.10. The number of carboxylic acids is 1. The van der Waals surface area contributed by atoms with Crippen LogP contribution in [0.2, 0.25) is 0 Å². The zero-order valence-corrected chi connectivity index (χ0v) is 11.9. The van der Waals surface area contributed by atoms with Crippen molar-refractivity contribution in [1.29, 1.82) is 0 Å². The van der Waals surface area contributed by atoms with E-state index in [9.17, 15) is 9.90 Å². The van der Waals surface area contributed by atoms with Gasteiger partial charge in [-0.15, -0.1) is 0 Å². The Morgan fingerprint density at radius 2 is 2.16 bits per heavy atom. The van der Waals surface area contributed by atoms with Crippen molar-refractivity contribution < 1.29 is 14.6 Å². The van der Waals surface area contributed by atoms with E-state index in [1.54, 1.807) is 19.9 Å². The number of carboxylic acid groups (broad SMARTS) is 1. The molecule has 2 N–H and O–H groups in total. The molecule has 106 valence electrons. The lowest BCUT2D eigenvalue weighted by molar-refractivity contribution is -0.147. The normalized spacial score (nSPS) is 13.7. The van der Waals surface area contributed by atoms with Crippen LogP contribution in [0.1, 0.15) is 33.0 Å². The SMILES string of the molecule is CCOc1cc(NCC(C)(CC)C(=O)O)nc(C)n1. The largest absolute Gasteiger partial charge is 0.481 e. The van der Waals surface area contributed by atoms with E-state index in [1.165, 1.54) is 0 Å². The number of nitrogens with zero attached hydrogens (tertiary/aromatic N) is 2. The molecule has 0 aliphatic heterocycles. The molecule has 1 aromatic heterocycles. The van der Waals surface area contributed by atoms with Gasteiger partial charge in [-0.05, 0) is 27.2 Å². The van der Waals surface area contributed by atoms with Crippen LogP contribution in [0.5, 0.6) is 5.88 Å². The number of hydrogen-bond acceptors (Lipinski definition) is 5. The first kappa shape index (κ1) is 15.2. The quantitative estimate of drug-likeness (QED) is 0.787. The molecule has 0 aliphatic rings. The number of anilines is 1. The molecule has 0 radical (unpaired) electrons. The summed E-state index contributed by atoms with van der Waals surface area (Å²) < 4.78 is 5.33. The predicted molar refractivity (Wildman–Crippen MR) is 72.5 cm³/mol. The Morgan fingerprint density at radius 3 is 2.68 bits per heavy atom. The number of aliphatic carboxylic acids is 1. The second-order valence-corrected chi connectivity index (χ2v) is 4.64. The van der Waals surface area contributed by atoms with Gasteiger partial charge in [-0.3, -0.25) is 4.79 Å². The Morgan fingerprint density at radius 1 is 1.47 bits per heavy atom. The van der Waals surface area contributed by atoms with Crippen LogP contribution in [-0.4, -0.2) is 34.2 Å². The summed E-state index contributed by atoms with van der Waals surface area (Å²) in [4.78, 5) is 19.6. The van der Waals surface area contributed by atoms with Crippen molar-refractivity contribution >= 4 is 11.8 Å². The third kappa shape index (κ3) is 4.08. The van der Waals surface area contributed by atoms with E-state index in [2.05, 4.69) is 15.3 Å². The molecular formula is C13H21N3O3. The molecule has 19 heavy (non-hydrogen) atoms. The Labute approximate surface area is 113 Å². The molecule has 0 saturated heterocycles. The molecule has 1 rings (SSSR count). The fraction of sp³-hybridized carbons (Fsp3) is 0.615. The molecule has 0 spiro atoms. The van der Waals surface area contributed by atoms with Crippen LogP contribution in [0.25, 0.3) is 0 Å². The number of rotatable bonds is 7. The number of carbonyl (C=O) groups is 1. The molecule has 0 saturated carbocycles. The number of aryl methyl sites for hydroxylation is 1. The zero-order valence-electron chi connectivity index (χ0n) is 11.9. The fourth-order valence-corrected chi connectivity index (χ4v) is 1.49. The molecule has 6 heteroatoms. The molecule has 0 amide bonds. The van der Waals surface area contributed by atoms with Crippen LogP contribution in [0.4, 0.5) is 5.82 Å². The average Bonchev–Trinajstić information content (AvgIpc) is 2.35. The van der Waals surface area contributed by atoms with Gasteiger partial charge in [-0.1, -0.05) is 6.92 Å². The second kappa shape index (κ2) is 6.36. The molecular weight excluding hydrogens is 246 g/mol. The van der Waals surface area contributed by atoms with E-state index in [-0.39, 0.29) is 0 Å². The first-order valence-electron chi connectivity index (χ1n) is 6.37. The van der Waals surface area contributed by atoms with Crippen LogP contribution in [0, 0.1) is 12.3 Å². The summed E-state index contributed by atoms with van der Waals surface area (Å²) in [5, 5.41) is 12.3. The highest BCUT2D eigenvalue weighted by atomic mass is 16.5. The van der Waals surface area contributed by atoms with Gasteiger partial charge in [0.15, 0.2) is 0 Å².